The lowest BCUT2D eigenvalue weighted by molar-refractivity contribution is -0.327. The summed E-state index contributed by atoms with van der Waals surface area (Å²) in [6, 6.07) is 0. The van der Waals surface area contributed by atoms with Crippen LogP contribution in [-0.4, -0.2) is 122 Å². The second-order valence-electron chi connectivity index (χ2n) is 8.08. The standard InChI is InChI=1S/C20H41NO10/c1-2-3-4-5-6-7-8-21-9-12(24)15(26)19(13(25)10-22)31-20-18(29)17(28)16(27)14(11-23)30-20/h12-29H,2-11H2,1H3/t12-,13+,14+,15+,16-,17-,18+,19+,20-/m0/s1. The van der Waals surface area contributed by atoms with Gasteiger partial charge >= 0.3 is 0 Å². The highest BCUT2D eigenvalue weighted by Crippen LogP contribution is 2.25. The number of nitrogens with one attached hydrogen (secondary N) is 1. The second kappa shape index (κ2) is 15.4. The first-order valence-electron chi connectivity index (χ1n) is 11.1. The van der Waals surface area contributed by atoms with E-state index >= 15 is 0 Å². The Balaban J connectivity index is 2.57. The molecule has 0 aliphatic carbocycles. The maximum atomic E-state index is 10.5. The number of hydrogen-bond acceptors (Lipinski definition) is 11. The maximum Gasteiger partial charge on any atom is 0.187 e. The van der Waals surface area contributed by atoms with Crippen LogP contribution in [-0.2, 0) is 9.47 Å². The smallest absolute Gasteiger partial charge is 0.187 e. The van der Waals surface area contributed by atoms with Crippen LogP contribution in [0.2, 0.25) is 0 Å². The van der Waals surface area contributed by atoms with Gasteiger partial charge in [-0.1, -0.05) is 39.0 Å². The summed E-state index contributed by atoms with van der Waals surface area (Å²) >= 11 is 0. The largest absolute Gasteiger partial charge is 0.394 e. The van der Waals surface area contributed by atoms with Gasteiger partial charge in [-0.2, -0.15) is 0 Å². The van der Waals surface area contributed by atoms with Crippen molar-refractivity contribution in [3.05, 3.63) is 0 Å². The third-order valence-electron chi connectivity index (χ3n) is 5.50. The summed E-state index contributed by atoms with van der Waals surface area (Å²) in [4.78, 5) is 0. The molecule has 0 aromatic rings. The number of hydrogen-bond donors (Lipinski definition) is 9. The lowest BCUT2D eigenvalue weighted by Gasteiger charge is -2.42. The Morgan fingerprint density at radius 1 is 0.871 bits per heavy atom. The van der Waals surface area contributed by atoms with E-state index in [4.69, 9.17) is 9.47 Å². The highest BCUT2D eigenvalue weighted by Gasteiger charge is 2.46. The van der Waals surface area contributed by atoms with E-state index in [-0.39, 0.29) is 6.54 Å². The van der Waals surface area contributed by atoms with Crippen molar-refractivity contribution in [1.29, 1.82) is 0 Å². The molecule has 1 aliphatic heterocycles. The van der Waals surface area contributed by atoms with Gasteiger partial charge in [-0.25, -0.2) is 0 Å². The summed E-state index contributed by atoms with van der Waals surface area (Å²) in [6.07, 6.45) is -7.46. The zero-order valence-corrected chi connectivity index (χ0v) is 18.2. The number of unbranched alkanes of at least 4 members (excludes halogenated alkanes) is 5. The molecular weight excluding hydrogens is 414 g/mol. The molecule has 31 heavy (non-hydrogen) atoms. The van der Waals surface area contributed by atoms with Gasteiger partial charge in [-0.15, -0.1) is 0 Å². The van der Waals surface area contributed by atoms with Gasteiger partial charge in [0.2, 0.25) is 0 Å². The Hall–Kier alpha value is -0.440. The molecule has 1 rings (SSSR count). The molecular formula is C20H41NO10. The van der Waals surface area contributed by atoms with E-state index in [1.807, 2.05) is 0 Å². The first-order chi connectivity index (χ1) is 14.8. The minimum Gasteiger partial charge on any atom is -0.394 e. The van der Waals surface area contributed by atoms with E-state index in [2.05, 4.69) is 12.2 Å². The van der Waals surface area contributed by atoms with Gasteiger partial charge in [0.15, 0.2) is 6.29 Å². The molecule has 9 N–H and O–H groups in total. The number of rotatable bonds is 16. The van der Waals surface area contributed by atoms with Gasteiger partial charge in [0, 0.05) is 6.54 Å². The van der Waals surface area contributed by atoms with Crippen LogP contribution in [0, 0.1) is 0 Å². The van der Waals surface area contributed by atoms with E-state index in [0.29, 0.717) is 6.54 Å². The Bertz CT molecular complexity index is 458. The Kier molecular flexibility index (Phi) is 14.2. The van der Waals surface area contributed by atoms with Crippen LogP contribution >= 0.6 is 0 Å². The van der Waals surface area contributed by atoms with Crippen molar-refractivity contribution in [3.63, 3.8) is 0 Å². The van der Waals surface area contributed by atoms with E-state index in [1.54, 1.807) is 0 Å². The SMILES string of the molecule is CCCCCCCCNC[C@H](O)[C@@H](O)[C@H](O[C@@H]1O[C@H](CO)[C@H](O)[C@H](O)[C@H]1O)[C@H](O)CO. The predicted octanol–water partition coefficient (Wildman–Crippen LogP) is -2.80. The maximum absolute atomic E-state index is 10.5. The summed E-state index contributed by atoms with van der Waals surface area (Å²) in [7, 11) is 0. The van der Waals surface area contributed by atoms with Crippen molar-refractivity contribution in [2.45, 2.75) is 101 Å². The van der Waals surface area contributed by atoms with Crippen molar-refractivity contribution in [2.24, 2.45) is 0 Å². The second-order valence-corrected chi connectivity index (χ2v) is 8.08. The predicted molar refractivity (Wildman–Crippen MR) is 110 cm³/mol. The summed E-state index contributed by atoms with van der Waals surface area (Å²) in [5.41, 5.74) is 0. The number of aliphatic hydroxyl groups excluding tert-OH is 8. The van der Waals surface area contributed by atoms with E-state index < -0.39 is 68.3 Å². The zero-order chi connectivity index (χ0) is 23.4. The lowest BCUT2D eigenvalue weighted by atomic mass is 9.98. The van der Waals surface area contributed by atoms with Crippen LogP contribution in [0.25, 0.3) is 0 Å². The van der Waals surface area contributed by atoms with Gasteiger partial charge in [0.25, 0.3) is 0 Å². The molecule has 9 atom stereocenters. The molecule has 0 bridgehead atoms. The summed E-state index contributed by atoms with van der Waals surface area (Å²) < 4.78 is 10.6. The summed E-state index contributed by atoms with van der Waals surface area (Å²) in [5.74, 6) is 0. The Morgan fingerprint density at radius 2 is 1.52 bits per heavy atom. The molecule has 0 spiro atoms. The first-order valence-corrected chi connectivity index (χ1v) is 11.1. The quantitative estimate of drug-likeness (QED) is 0.109. The van der Waals surface area contributed by atoms with E-state index in [0.717, 1.165) is 19.3 Å². The monoisotopic (exact) mass is 455 g/mol. The Morgan fingerprint density at radius 3 is 2.13 bits per heavy atom. The van der Waals surface area contributed by atoms with Crippen molar-refractivity contribution in [1.82, 2.24) is 5.32 Å². The van der Waals surface area contributed by atoms with Gasteiger partial charge in [-0.3, -0.25) is 0 Å². The fourth-order valence-electron chi connectivity index (χ4n) is 3.46. The average molecular weight is 456 g/mol. The number of aliphatic hydroxyl groups is 8. The van der Waals surface area contributed by atoms with E-state index in [1.165, 1.54) is 19.3 Å². The fourth-order valence-corrected chi connectivity index (χ4v) is 3.46. The topological polar surface area (TPSA) is 192 Å². The molecule has 0 unspecified atom stereocenters. The minimum absolute atomic E-state index is 0.00279. The number of ether oxygens (including phenoxy) is 2. The van der Waals surface area contributed by atoms with Crippen LogP contribution in [0.3, 0.4) is 0 Å². The van der Waals surface area contributed by atoms with Crippen molar-refractivity contribution in [2.75, 3.05) is 26.3 Å². The zero-order valence-electron chi connectivity index (χ0n) is 18.2. The van der Waals surface area contributed by atoms with Crippen LogP contribution in [0.1, 0.15) is 45.4 Å². The van der Waals surface area contributed by atoms with Gasteiger partial charge in [0.1, 0.15) is 42.7 Å². The lowest BCUT2D eigenvalue weighted by Crippen LogP contribution is -2.61. The van der Waals surface area contributed by atoms with Crippen molar-refractivity contribution < 1.29 is 50.3 Å². The molecule has 0 amide bonds. The Labute approximate surface area is 183 Å². The van der Waals surface area contributed by atoms with Crippen LogP contribution in [0.15, 0.2) is 0 Å². The molecule has 0 saturated carbocycles. The molecule has 11 nitrogen and oxygen atoms in total. The van der Waals surface area contributed by atoms with Crippen molar-refractivity contribution in [3.8, 4) is 0 Å². The van der Waals surface area contributed by atoms with Crippen LogP contribution < -0.4 is 5.32 Å². The average Bonchev–Trinajstić information content (AvgIpc) is 2.77. The van der Waals surface area contributed by atoms with Gasteiger partial charge in [0.05, 0.1) is 19.3 Å². The summed E-state index contributed by atoms with van der Waals surface area (Å²) in [6.45, 7) is 1.30. The fraction of sp³-hybridized carbons (Fsp3) is 1.00. The molecule has 1 saturated heterocycles. The van der Waals surface area contributed by atoms with E-state index in [9.17, 15) is 40.9 Å². The minimum atomic E-state index is -1.75. The summed E-state index contributed by atoms with van der Waals surface area (Å²) in [5, 5.41) is 82.1. The third kappa shape index (κ3) is 9.14. The van der Waals surface area contributed by atoms with Gasteiger partial charge in [-0.05, 0) is 13.0 Å². The molecule has 0 aromatic carbocycles. The highest BCUT2D eigenvalue weighted by molar-refractivity contribution is 4.91. The van der Waals surface area contributed by atoms with Crippen molar-refractivity contribution >= 4 is 0 Å². The van der Waals surface area contributed by atoms with Crippen LogP contribution in [0.4, 0.5) is 0 Å². The molecule has 1 aliphatic rings. The highest BCUT2D eigenvalue weighted by atomic mass is 16.7. The molecule has 1 fully saturated rings. The molecule has 0 radical (unpaired) electrons. The molecule has 0 aromatic heterocycles. The molecule has 1 heterocycles. The third-order valence-corrected chi connectivity index (χ3v) is 5.50. The first kappa shape index (κ1) is 28.6. The van der Waals surface area contributed by atoms with Crippen LogP contribution in [0.5, 0.6) is 0 Å². The van der Waals surface area contributed by atoms with Gasteiger partial charge < -0.3 is 55.6 Å². The molecule has 11 heteroatoms. The molecule has 186 valence electrons. The normalized spacial score (nSPS) is 30.7.